The van der Waals surface area contributed by atoms with Crippen LogP contribution in [0.1, 0.15) is 29.0 Å². The fraction of sp³-hybridized carbons (Fsp3) is 0.500. The molecule has 0 aliphatic carbocycles. The molecule has 0 atom stereocenters. The van der Waals surface area contributed by atoms with Crippen LogP contribution >= 0.6 is 11.3 Å². The second-order valence-electron chi connectivity index (χ2n) is 6.88. The number of nitrogens with zero attached hydrogens (tertiary/aromatic N) is 4. The van der Waals surface area contributed by atoms with Gasteiger partial charge in [0.15, 0.2) is 0 Å². The summed E-state index contributed by atoms with van der Waals surface area (Å²) in [5.74, 6) is 0.139. The van der Waals surface area contributed by atoms with E-state index in [9.17, 15) is 18.0 Å². The molecule has 0 unspecified atom stereocenters. The van der Waals surface area contributed by atoms with E-state index in [2.05, 4.69) is 21.4 Å². The molecule has 4 heterocycles. The average molecular weight is 396 g/mol. The van der Waals surface area contributed by atoms with Gasteiger partial charge in [-0.3, -0.25) is 4.79 Å². The first kappa shape index (κ1) is 18.2. The predicted octanol–water partition coefficient (Wildman–Crippen LogP) is 3.36. The van der Waals surface area contributed by atoms with Gasteiger partial charge in [-0.15, -0.1) is 11.3 Å². The number of rotatable bonds is 2. The van der Waals surface area contributed by atoms with E-state index in [0.717, 1.165) is 25.2 Å². The molecule has 1 saturated heterocycles. The lowest BCUT2D eigenvalue weighted by Gasteiger charge is -2.35. The molecule has 0 radical (unpaired) electrons. The first-order chi connectivity index (χ1) is 12.9. The van der Waals surface area contributed by atoms with Gasteiger partial charge in [0.1, 0.15) is 5.69 Å². The van der Waals surface area contributed by atoms with E-state index in [1.807, 2.05) is 4.90 Å². The number of aromatic nitrogens is 2. The second kappa shape index (κ2) is 7.10. The number of anilines is 1. The molecule has 1 fully saturated rings. The van der Waals surface area contributed by atoms with E-state index in [0.29, 0.717) is 32.5 Å². The van der Waals surface area contributed by atoms with Crippen molar-refractivity contribution in [2.24, 2.45) is 5.92 Å². The number of carbonyl (C=O) groups is 1. The molecule has 0 N–H and O–H groups in total. The van der Waals surface area contributed by atoms with Gasteiger partial charge in [-0.25, -0.2) is 9.97 Å². The Morgan fingerprint density at radius 1 is 1.19 bits per heavy atom. The molecule has 5 nitrogen and oxygen atoms in total. The summed E-state index contributed by atoms with van der Waals surface area (Å²) in [6.45, 7) is 2.36. The number of thiophene rings is 1. The zero-order valence-electron chi connectivity index (χ0n) is 14.6. The van der Waals surface area contributed by atoms with Gasteiger partial charge < -0.3 is 9.80 Å². The monoisotopic (exact) mass is 396 g/mol. The third-order valence-corrected chi connectivity index (χ3v) is 6.20. The minimum absolute atomic E-state index is 0.0802. The van der Waals surface area contributed by atoms with Crippen LogP contribution in [0.25, 0.3) is 0 Å². The van der Waals surface area contributed by atoms with E-state index < -0.39 is 11.9 Å². The number of carbonyl (C=O) groups excluding carboxylic acids is 1. The zero-order chi connectivity index (χ0) is 19.0. The first-order valence-electron chi connectivity index (χ1n) is 8.91. The standard InChI is InChI=1S/C18H19F3N4OS/c19-18(20,21)15-1-6-22-17(23-15)24-7-2-12(3-8-24)16(26)25-9-4-14-13(11-25)5-10-27-14/h1,5-6,10,12H,2-4,7-9,11H2. The van der Waals surface area contributed by atoms with E-state index >= 15 is 0 Å². The Labute approximate surface area is 158 Å². The maximum atomic E-state index is 12.8. The Balaban J connectivity index is 1.37. The van der Waals surface area contributed by atoms with Gasteiger partial charge in [0.05, 0.1) is 0 Å². The van der Waals surface area contributed by atoms with Crippen molar-refractivity contribution >= 4 is 23.2 Å². The predicted molar refractivity (Wildman–Crippen MR) is 95.4 cm³/mol. The summed E-state index contributed by atoms with van der Waals surface area (Å²) in [6.07, 6.45) is -1.25. The van der Waals surface area contributed by atoms with Gasteiger partial charge in [0, 0.05) is 43.2 Å². The van der Waals surface area contributed by atoms with Crippen molar-refractivity contribution in [2.75, 3.05) is 24.5 Å². The molecule has 0 bridgehead atoms. The number of hydrogen-bond donors (Lipinski definition) is 0. The largest absolute Gasteiger partial charge is 0.433 e. The van der Waals surface area contributed by atoms with E-state index in [-0.39, 0.29) is 17.8 Å². The normalized spacial score (nSPS) is 18.5. The Morgan fingerprint density at radius 2 is 1.96 bits per heavy atom. The van der Waals surface area contributed by atoms with Gasteiger partial charge >= 0.3 is 6.18 Å². The Bertz CT molecular complexity index is 830. The number of piperidine rings is 1. The van der Waals surface area contributed by atoms with Crippen LogP contribution in [0, 0.1) is 5.92 Å². The summed E-state index contributed by atoms with van der Waals surface area (Å²) in [7, 11) is 0. The van der Waals surface area contributed by atoms with E-state index in [1.165, 1.54) is 10.4 Å². The van der Waals surface area contributed by atoms with E-state index in [4.69, 9.17) is 0 Å². The van der Waals surface area contributed by atoms with Crippen LogP contribution in [-0.2, 0) is 23.9 Å². The number of fused-ring (bicyclic) bond motifs is 1. The maximum absolute atomic E-state index is 12.8. The molecule has 1 amide bonds. The molecule has 144 valence electrons. The lowest BCUT2D eigenvalue weighted by molar-refractivity contribution is -0.141. The fourth-order valence-electron chi connectivity index (χ4n) is 3.68. The summed E-state index contributed by atoms with van der Waals surface area (Å²) in [4.78, 5) is 25.5. The minimum atomic E-state index is -4.49. The highest BCUT2D eigenvalue weighted by Gasteiger charge is 2.35. The Kier molecular flexibility index (Phi) is 4.79. The molecule has 9 heteroatoms. The molecule has 2 aromatic heterocycles. The molecule has 27 heavy (non-hydrogen) atoms. The van der Waals surface area contributed by atoms with Crippen LogP contribution in [0.15, 0.2) is 23.7 Å². The molecular formula is C18H19F3N4OS. The highest BCUT2D eigenvalue weighted by molar-refractivity contribution is 7.10. The summed E-state index contributed by atoms with van der Waals surface area (Å²) < 4.78 is 38.5. The van der Waals surface area contributed by atoms with Gasteiger partial charge in [0.25, 0.3) is 0 Å². The molecular weight excluding hydrogens is 377 g/mol. The molecule has 0 saturated carbocycles. The van der Waals surface area contributed by atoms with Crippen molar-refractivity contribution in [3.05, 3.63) is 39.8 Å². The zero-order valence-corrected chi connectivity index (χ0v) is 15.4. The van der Waals surface area contributed by atoms with Crippen molar-refractivity contribution in [2.45, 2.75) is 32.0 Å². The van der Waals surface area contributed by atoms with Crippen molar-refractivity contribution in [1.82, 2.24) is 14.9 Å². The number of hydrogen-bond acceptors (Lipinski definition) is 5. The van der Waals surface area contributed by atoms with Crippen LogP contribution in [0.3, 0.4) is 0 Å². The van der Waals surface area contributed by atoms with Crippen LogP contribution in [0.2, 0.25) is 0 Å². The summed E-state index contributed by atoms with van der Waals surface area (Å²) in [5, 5.41) is 2.06. The van der Waals surface area contributed by atoms with Gasteiger partial charge in [0.2, 0.25) is 11.9 Å². The van der Waals surface area contributed by atoms with Crippen LogP contribution < -0.4 is 4.90 Å². The highest BCUT2D eigenvalue weighted by atomic mass is 32.1. The molecule has 2 aromatic rings. The smallest absolute Gasteiger partial charge is 0.341 e. The number of halogens is 3. The Hall–Kier alpha value is -2.16. The van der Waals surface area contributed by atoms with Crippen molar-refractivity contribution in [1.29, 1.82) is 0 Å². The van der Waals surface area contributed by atoms with Crippen LogP contribution in [-0.4, -0.2) is 40.4 Å². The van der Waals surface area contributed by atoms with Gasteiger partial charge in [-0.1, -0.05) is 0 Å². The van der Waals surface area contributed by atoms with Crippen molar-refractivity contribution < 1.29 is 18.0 Å². The quantitative estimate of drug-likeness (QED) is 0.781. The SMILES string of the molecule is O=C(C1CCN(c2nccc(C(F)(F)F)n2)CC1)N1CCc2sccc2C1. The Morgan fingerprint density at radius 3 is 2.70 bits per heavy atom. The molecule has 0 spiro atoms. The van der Waals surface area contributed by atoms with Gasteiger partial charge in [-0.2, -0.15) is 13.2 Å². The van der Waals surface area contributed by atoms with Crippen LogP contribution in [0.4, 0.5) is 19.1 Å². The topological polar surface area (TPSA) is 49.3 Å². The summed E-state index contributed by atoms with van der Waals surface area (Å²) in [6, 6.07) is 2.95. The van der Waals surface area contributed by atoms with E-state index in [1.54, 1.807) is 16.2 Å². The summed E-state index contributed by atoms with van der Waals surface area (Å²) >= 11 is 1.74. The maximum Gasteiger partial charge on any atom is 0.433 e. The third kappa shape index (κ3) is 3.78. The molecule has 4 rings (SSSR count). The lowest BCUT2D eigenvalue weighted by Crippen LogP contribution is -2.44. The van der Waals surface area contributed by atoms with Gasteiger partial charge in [-0.05, 0) is 42.3 Å². The fourth-order valence-corrected chi connectivity index (χ4v) is 4.57. The lowest BCUT2D eigenvalue weighted by atomic mass is 9.94. The minimum Gasteiger partial charge on any atom is -0.341 e. The number of amides is 1. The highest BCUT2D eigenvalue weighted by Crippen LogP contribution is 2.30. The summed E-state index contributed by atoms with van der Waals surface area (Å²) in [5.41, 5.74) is 0.292. The van der Waals surface area contributed by atoms with Crippen molar-refractivity contribution in [3.63, 3.8) is 0 Å². The number of alkyl halides is 3. The van der Waals surface area contributed by atoms with Crippen molar-refractivity contribution in [3.8, 4) is 0 Å². The van der Waals surface area contributed by atoms with Crippen LogP contribution in [0.5, 0.6) is 0 Å². The first-order valence-corrected chi connectivity index (χ1v) is 9.79. The molecule has 0 aromatic carbocycles. The molecule has 2 aliphatic heterocycles. The molecule has 2 aliphatic rings. The third-order valence-electron chi connectivity index (χ3n) is 5.18. The second-order valence-corrected chi connectivity index (χ2v) is 7.88. The average Bonchev–Trinajstić information content (AvgIpc) is 3.15.